The molecule has 0 saturated heterocycles. The van der Waals surface area contributed by atoms with Crippen LogP contribution in [-0.2, 0) is 9.05 Å². The summed E-state index contributed by atoms with van der Waals surface area (Å²) in [6.07, 6.45) is 0. The maximum absolute atomic E-state index is 11.7. The predicted octanol–water partition coefficient (Wildman–Crippen LogP) is 1.20. The molecule has 0 aliphatic rings. The van der Waals surface area contributed by atoms with Gasteiger partial charge in [-0.1, -0.05) is 0 Å². The molecule has 6 nitrogen and oxygen atoms in total. The number of nitrogens with one attached hydrogen (secondary N) is 1. The van der Waals surface area contributed by atoms with E-state index in [0.29, 0.717) is 5.52 Å². The number of rotatable bonds is 2. The summed E-state index contributed by atoms with van der Waals surface area (Å²) in [5.41, 5.74) is -0.805. The van der Waals surface area contributed by atoms with E-state index in [-0.39, 0.29) is 16.3 Å². The van der Waals surface area contributed by atoms with E-state index in [1.165, 1.54) is 16.7 Å². The fraction of sp³-hybridized carbons (Fsp3) is 0.273. The highest BCUT2D eigenvalue weighted by molar-refractivity contribution is 8.13. The first-order valence-electron chi connectivity index (χ1n) is 5.45. The van der Waals surface area contributed by atoms with Gasteiger partial charge in [0.15, 0.2) is 0 Å². The van der Waals surface area contributed by atoms with Crippen molar-refractivity contribution in [1.82, 2.24) is 9.55 Å². The number of aromatic nitrogens is 2. The van der Waals surface area contributed by atoms with Gasteiger partial charge >= 0.3 is 5.69 Å². The monoisotopic (exact) mass is 302 g/mol. The standard InChI is InChI=1S/C11H11ClN2O4S/c1-6(2)14-9-4-3-7(19(12,17)18)5-8(9)10(15)13-11(14)16/h3-6H,1-2H3,(H,13,15,16). The van der Waals surface area contributed by atoms with Crippen LogP contribution < -0.4 is 11.2 Å². The molecule has 0 spiro atoms. The van der Waals surface area contributed by atoms with E-state index in [1.54, 1.807) is 13.8 Å². The number of fused-ring (bicyclic) bond motifs is 1. The van der Waals surface area contributed by atoms with E-state index in [9.17, 15) is 18.0 Å². The fourth-order valence-electron chi connectivity index (χ4n) is 1.91. The van der Waals surface area contributed by atoms with Gasteiger partial charge in [0.1, 0.15) is 0 Å². The van der Waals surface area contributed by atoms with Crippen LogP contribution in [-0.4, -0.2) is 18.0 Å². The molecule has 1 aromatic carbocycles. The molecule has 0 saturated carbocycles. The van der Waals surface area contributed by atoms with Crippen LogP contribution in [0.3, 0.4) is 0 Å². The third-order valence-electron chi connectivity index (χ3n) is 2.71. The number of H-pyrrole nitrogens is 1. The van der Waals surface area contributed by atoms with Crippen molar-refractivity contribution in [3.05, 3.63) is 39.0 Å². The highest BCUT2D eigenvalue weighted by atomic mass is 35.7. The minimum absolute atomic E-state index is 0.107. The van der Waals surface area contributed by atoms with E-state index in [2.05, 4.69) is 4.98 Å². The van der Waals surface area contributed by atoms with Crippen LogP contribution in [0.5, 0.6) is 0 Å². The SMILES string of the molecule is CC(C)n1c(=O)[nH]c(=O)c2cc(S(=O)(=O)Cl)ccc21. The van der Waals surface area contributed by atoms with Crippen molar-refractivity contribution in [1.29, 1.82) is 0 Å². The van der Waals surface area contributed by atoms with Crippen LogP contribution >= 0.6 is 10.7 Å². The summed E-state index contributed by atoms with van der Waals surface area (Å²) in [5.74, 6) is 0. The second-order valence-corrected chi connectivity index (χ2v) is 6.91. The summed E-state index contributed by atoms with van der Waals surface area (Å²) < 4.78 is 23.9. The number of halogens is 1. The minimum Gasteiger partial charge on any atom is -0.291 e. The van der Waals surface area contributed by atoms with Gasteiger partial charge in [-0.2, -0.15) is 0 Å². The lowest BCUT2D eigenvalue weighted by molar-refractivity contribution is 0.584. The third kappa shape index (κ3) is 2.43. The van der Waals surface area contributed by atoms with E-state index in [0.717, 1.165) is 6.07 Å². The number of hydrogen-bond acceptors (Lipinski definition) is 4. The average molecular weight is 303 g/mol. The molecule has 2 aromatic rings. The van der Waals surface area contributed by atoms with Gasteiger partial charge in [0.05, 0.1) is 15.8 Å². The summed E-state index contributed by atoms with van der Waals surface area (Å²) in [7, 11) is 1.31. The fourth-order valence-corrected chi connectivity index (χ4v) is 2.68. The average Bonchev–Trinajstić information content (AvgIpc) is 2.26. The topological polar surface area (TPSA) is 89.0 Å². The highest BCUT2D eigenvalue weighted by Gasteiger charge is 2.15. The molecule has 1 N–H and O–H groups in total. The smallest absolute Gasteiger partial charge is 0.291 e. The second-order valence-electron chi connectivity index (χ2n) is 4.34. The summed E-state index contributed by atoms with van der Waals surface area (Å²) in [6.45, 7) is 3.57. The lowest BCUT2D eigenvalue weighted by atomic mass is 10.2. The Morgan fingerprint density at radius 1 is 1.26 bits per heavy atom. The molecule has 0 bridgehead atoms. The second kappa shape index (κ2) is 4.50. The van der Waals surface area contributed by atoms with Gasteiger partial charge in [0.2, 0.25) is 0 Å². The molecule has 19 heavy (non-hydrogen) atoms. The largest absolute Gasteiger partial charge is 0.329 e. The van der Waals surface area contributed by atoms with Crippen LogP contribution in [0.1, 0.15) is 19.9 Å². The molecular formula is C11H11ClN2O4S. The first-order valence-corrected chi connectivity index (χ1v) is 7.76. The molecule has 0 fully saturated rings. The molecule has 0 amide bonds. The number of hydrogen-bond donors (Lipinski definition) is 1. The molecule has 0 radical (unpaired) electrons. The van der Waals surface area contributed by atoms with Gasteiger partial charge in [0.25, 0.3) is 14.6 Å². The zero-order valence-electron chi connectivity index (χ0n) is 10.2. The van der Waals surface area contributed by atoms with E-state index < -0.39 is 20.3 Å². The Morgan fingerprint density at radius 3 is 2.42 bits per heavy atom. The van der Waals surface area contributed by atoms with Crippen molar-refractivity contribution in [2.75, 3.05) is 0 Å². The molecular weight excluding hydrogens is 292 g/mol. The Morgan fingerprint density at radius 2 is 1.89 bits per heavy atom. The van der Waals surface area contributed by atoms with Crippen LogP contribution in [0.15, 0.2) is 32.7 Å². The molecule has 1 heterocycles. The summed E-state index contributed by atoms with van der Waals surface area (Å²) in [4.78, 5) is 25.5. The Hall–Kier alpha value is -1.60. The normalized spacial score (nSPS) is 12.2. The minimum atomic E-state index is -3.92. The van der Waals surface area contributed by atoms with Gasteiger partial charge in [-0.15, -0.1) is 0 Å². The quantitative estimate of drug-likeness (QED) is 0.844. The molecule has 2 rings (SSSR count). The zero-order chi connectivity index (χ0) is 14.4. The van der Waals surface area contributed by atoms with Crippen LogP contribution in [0.2, 0.25) is 0 Å². The first kappa shape index (κ1) is 13.8. The number of nitrogens with zero attached hydrogens (tertiary/aromatic N) is 1. The molecule has 8 heteroatoms. The first-order chi connectivity index (χ1) is 8.71. The molecule has 102 valence electrons. The maximum Gasteiger partial charge on any atom is 0.329 e. The lowest BCUT2D eigenvalue weighted by Crippen LogP contribution is -2.31. The van der Waals surface area contributed by atoms with Crippen LogP contribution in [0, 0.1) is 0 Å². The predicted molar refractivity (Wildman–Crippen MR) is 72.3 cm³/mol. The molecule has 0 unspecified atom stereocenters. The van der Waals surface area contributed by atoms with E-state index in [1.807, 2.05) is 0 Å². The Labute approximate surface area is 113 Å². The maximum atomic E-state index is 11.7. The van der Waals surface area contributed by atoms with Crippen molar-refractivity contribution < 1.29 is 8.42 Å². The molecule has 0 atom stereocenters. The van der Waals surface area contributed by atoms with Gasteiger partial charge < -0.3 is 0 Å². The van der Waals surface area contributed by atoms with Crippen molar-refractivity contribution in [3.8, 4) is 0 Å². The highest BCUT2D eigenvalue weighted by Crippen LogP contribution is 2.20. The number of aromatic amines is 1. The van der Waals surface area contributed by atoms with E-state index >= 15 is 0 Å². The van der Waals surface area contributed by atoms with Crippen molar-refractivity contribution in [2.24, 2.45) is 0 Å². The van der Waals surface area contributed by atoms with E-state index in [4.69, 9.17) is 10.7 Å². The zero-order valence-corrected chi connectivity index (χ0v) is 11.7. The number of benzene rings is 1. The van der Waals surface area contributed by atoms with Crippen LogP contribution in [0.4, 0.5) is 0 Å². The molecule has 1 aromatic heterocycles. The van der Waals surface area contributed by atoms with Gasteiger partial charge in [0, 0.05) is 16.7 Å². The summed E-state index contributed by atoms with van der Waals surface area (Å²) in [6, 6.07) is 3.66. The van der Waals surface area contributed by atoms with Gasteiger partial charge in [-0.25, -0.2) is 13.2 Å². The lowest BCUT2D eigenvalue weighted by Gasteiger charge is -2.13. The third-order valence-corrected chi connectivity index (χ3v) is 4.06. The molecule has 0 aliphatic carbocycles. The van der Waals surface area contributed by atoms with Crippen molar-refractivity contribution in [2.45, 2.75) is 24.8 Å². The Bertz CT molecular complexity index is 864. The van der Waals surface area contributed by atoms with Gasteiger partial charge in [-0.05, 0) is 32.0 Å². The van der Waals surface area contributed by atoms with Crippen molar-refractivity contribution in [3.63, 3.8) is 0 Å². The summed E-state index contributed by atoms with van der Waals surface area (Å²) in [5, 5.41) is 0.107. The molecule has 0 aliphatic heterocycles. The summed E-state index contributed by atoms with van der Waals surface area (Å²) >= 11 is 0. The Kier molecular flexibility index (Phi) is 3.27. The van der Waals surface area contributed by atoms with Crippen molar-refractivity contribution >= 4 is 30.6 Å². The van der Waals surface area contributed by atoms with Crippen LogP contribution in [0.25, 0.3) is 10.9 Å². The Balaban J connectivity index is 2.98. The van der Waals surface area contributed by atoms with Gasteiger partial charge in [-0.3, -0.25) is 14.3 Å².